The first-order valence-corrected chi connectivity index (χ1v) is 3.27. The highest BCUT2D eigenvalue weighted by Crippen LogP contribution is 2.23. The van der Waals surface area contributed by atoms with E-state index in [0.29, 0.717) is 0 Å². The van der Waals surface area contributed by atoms with Crippen molar-refractivity contribution in [2.45, 2.75) is 6.61 Å². The van der Waals surface area contributed by atoms with Gasteiger partial charge in [-0.1, -0.05) is 0 Å². The molecule has 0 unspecified atom stereocenters. The van der Waals surface area contributed by atoms with E-state index >= 15 is 0 Å². The Morgan fingerprint density at radius 1 is 0.786 bits per heavy atom. The van der Waals surface area contributed by atoms with Gasteiger partial charge < -0.3 is 0 Å². The maximum atomic E-state index is 12.7. The van der Waals surface area contributed by atoms with Gasteiger partial charge >= 0.3 is 0 Å². The van der Waals surface area contributed by atoms with Crippen LogP contribution in [0.25, 0.3) is 0 Å². The Balaban J connectivity index is 3.43. The summed E-state index contributed by atoms with van der Waals surface area (Å²) in [6.07, 6.45) is 0. The molecule has 0 heterocycles. The molecule has 0 amide bonds. The molecule has 1 N–H and O–H groups in total. The lowest BCUT2D eigenvalue weighted by molar-refractivity contribution is -0.254. The Morgan fingerprint density at radius 2 is 1.14 bits per heavy atom. The summed E-state index contributed by atoms with van der Waals surface area (Å²) >= 11 is 0. The Bertz CT molecular complexity index is 337. The van der Waals surface area contributed by atoms with Crippen LogP contribution in [0.1, 0.15) is 5.56 Å². The summed E-state index contributed by atoms with van der Waals surface area (Å²) in [6, 6.07) is 0. The fourth-order valence-corrected chi connectivity index (χ4v) is 0.842. The summed E-state index contributed by atoms with van der Waals surface area (Å²) in [4.78, 5) is 3.30. The summed E-state index contributed by atoms with van der Waals surface area (Å²) in [7, 11) is 0. The van der Waals surface area contributed by atoms with Crippen LogP contribution in [0.15, 0.2) is 0 Å². The molecule has 1 aromatic carbocycles. The number of rotatable bonds is 2. The van der Waals surface area contributed by atoms with Gasteiger partial charge in [0.1, 0.15) is 6.61 Å². The van der Waals surface area contributed by atoms with Gasteiger partial charge in [0.15, 0.2) is 23.3 Å². The molecular formula is C7H3F5O2. The molecule has 0 bridgehead atoms. The van der Waals surface area contributed by atoms with Crippen molar-refractivity contribution in [2.75, 3.05) is 0 Å². The van der Waals surface area contributed by atoms with E-state index in [-0.39, 0.29) is 0 Å². The molecule has 2 nitrogen and oxygen atoms in total. The maximum absolute atomic E-state index is 12.7. The van der Waals surface area contributed by atoms with Crippen LogP contribution in [0.5, 0.6) is 0 Å². The predicted molar refractivity (Wildman–Crippen MR) is 33.6 cm³/mol. The standard InChI is InChI=1S/C7H3F5O2/c8-3-2(1-14-13)4(9)6(11)7(12)5(3)10/h13H,1H2. The van der Waals surface area contributed by atoms with Crippen LogP contribution in [-0.4, -0.2) is 5.26 Å². The molecule has 0 saturated carbocycles. The molecular weight excluding hydrogens is 211 g/mol. The molecule has 7 heteroatoms. The Hall–Kier alpha value is -1.21. The van der Waals surface area contributed by atoms with Gasteiger partial charge in [0, 0.05) is 0 Å². The number of benzene rings is 1. The largest absolute Gasteiger partial charge is 0.251 e. The molecule has 1 aromatic rings. The minimum atomic E-state index is -2.25. The van der Waals surface area contributed by atoms with E-state index in [4.69, 9.17) is 5.26 Å². The summed E-state index contributed by atoms with van der Waals surface area (Å²) in [5.41, 5.74) is -1.22. The Labute approximate surface area is 74.5 Å². The third-order valence-corrected chi connectivity index (χ3v) is 1.51. The lowest BCUT2D eigenvalue weighted by atomic mass is 10.2. The van der Waals surface area contributed by atoms with E-state index in [1.54, 1.807) is 0 Å². The van der Waals surface area contributed by atoms with Gasteiger partial charge in [0.25, 0.3) is 0 Å². The molecule has 0 aliphatic carbocycles. The first-order chi connectivity index (χ1) is 6.50. The summed E-state index contributed by atoms with van der Waals surface area (Å²) in [5.74, 6) is -10.4. The van der Waals surface area contributed by atoms with Crippen molar-refractivity contribution >= 4 is 0 Å². The van der Waals surface area contributed by atoms with Crippen molar-refractivity contribution in [3.63, 3.8) is 0 Å². The normalized spacial score (nSPS) is 10.7. The molecule has 0 atom stereocenters. The smallest absolute Gasteiger partial charge is 0.200 e. The molecule has 0 aliphatic rings. The third kappa shape index (κ3) is 1.55. The monoisotopic (exact) mass is 214 g/mol. The minimum absolute atomic E-state index is 1.12. The first-order valence-electron chi connectivity index (χ1n) is 3.27. The first kappa shape index (κ1) is 10.9. The van der Waals surface area contributed by atoms with Gasteiger partial charge in [0.2, 0.25) is 5.82 Å². The predicted octanol–water partition coefficient (Wildman–Crippen LogP) is 2.37. The van der Waals surface area contributed by atoms with Gasteiger partial charge in [-0.05, 0) is 0 Å². The highest BCUT2D eigenvalue weighted by atomic mass is 19.2. The average molecular weight is 214 g/mol. The lowest BCUT2D eigenvalue weighted by Crippen LogP contribution is -2.07. The van der Waals surface area contributed by atoms with Crippen molar-refractivity contribution in [1.82, 2.24) is 0 Å². The molecule has 0 saturated heterocycles. The van der Waals surface area contributed by atoms with E-state index in [1.165, 1.54) is 0 Å². The van der Waals surface area contributed by atoms with Crippen molar-refractivity contribution in [1.29, 1.82) is 0 Å². The van der Waals surface area contributed by atoms with E-state index in [1.807, 2.05) is 0 Å². The summed E-state index contributed by atoms with van der Waals surface area (Å²) in [6.45, 7) is -1.12. The number of halogens is 5. The fraction of sp³-hybridized carbons (Fsp3) is 0.143. The van der Waals surface area contributed by atoms with Gasteiger partial charge in [0.05, 0.1) is 5.56 Å². The van der Waals surface area contributed by atoms with E-state index in [0.717, 1.165) is 0 Å². The molecule has 0 aromatic heterocycles. The molecule has 0 aliphatic heterocycles. The molecule has 1 rings (SSSR count). The quantitative estimate of drug-likeness (QED) is 0.269. The maximum Gasteiger partial charge on any atom is 0.200 e. The molecule has 0 radical (unpaired) electrons. The second-order valence-corrected chi connectivity index (χ2v) is 2.32. The van der Waals surface area contributed by atoms with Crippen molar-refractivity contribution in [2.24, 2.45) is 0 Å². The molecule has 0 spiro atoms. The van der Waals surface area contributed by atoms with Gasteiger partial charge in [-0.15, -0.1) is 0 Å². The van der Waals surface area contributed by atoms with E-state index in [9.17, 15) is 22.0 Å². The van der Waals surface area contributed by atoms with E-state index < -0.39 is 41.3 Å². The number of hydrogen-bond acceptors (Lipinski definition) is 2. The fourth-order valence-electron chi connectivity index (χ4n) is 0.842. The second kappa shape index (κ2) is 3.89. The SMILES string of the molecule is OOCc1c(F)c(F)c(F)c(F)c1F. The van der Waals surface area contributed by atoms with Crippen molar-refractivity contribution in [3.8, 4) is 0 Å². The minimum Gasteiger partial charge on any atom is -0.251 e. The molecule has 78 valence electrons. The Kier molecular flexibility index (Phi) is 3.02. The van der Waals surface area contributed by atoms with Gasteiger partial charge in [-0.3, -0.25) is 5.26 Å². The molecule has 0 fully saturated rings. The van der Waals surface area contributed by atoms with Crippen LogP contribution < -0.4 is 0 Å². The van der Waals surface area contributed by atoms with Crippen LogP contribution in [-0.2, 0) is 11.5 Å². The van der Waals surface area contributed by atoms with Crippen LogP contribution in [0.2, 0.25) is 0 Å². The highest BCUT2D eigenvalue weighted by molar-refractivity contribution is 5.23. The molecule has 14 heavy (non-hydrogen) atoms. The van der Waals surface area contributed by atoms with Crippen LogP contribution in [0.3, 0.4) is 0 Å². The lowest BCUT2D eigenvalue weighted by Gasteiger charge is -2.05. The van der Waals surface area contributed by atoms with Crippen molar-refractivity contribution < 1.29 is 32.1 Å². The zero-order chi connectivity index (χ0) is 10.9. The second-order valence-electron chi connectivity index (χ2n) is 2.32. The van der Waals surface area contributed by atoms with Crippen LogP contribution in [0.4, 0.5) is 22.0 Å². The summed E-state index contributed by atoms with van der Waals surface area (Å²) in [5, 5.41) is 7.85. The van der Waals surface area contributed by atoms with Crippen LogP contribution >= 0.6 is 0 Å². The zero-order valence-electron chi connectivity index (χ0n) is 6.45. The zero-order valence-corrected chi connectivity index (χ0v) is 6.45. The Morgan fingerprint density at radius 3 is 1.50 bits per heavy atom. The van der Waals surface area contributed by atoms with Gasteiger partial charge in [-0.25, -0.2) is 26.8 Å². The third-order valence-electron chi connectivity index (χ3n) is 1.51. The van der Waals surface area contributed by atoms with Crippen LogP contribution in [0, 0.1) is 29.1 Å². The van der Waals surface area contributed by atoms with Crippen molar-refractivity contribution in [3.05, 3.63) is 34.6 Å². The highest BCUT2D eigenvalue weighted by Gasteiger charge is 2.25. The van der Waals surface area contributed by atoms with E-state index in [2.05, 4.69) is 4.89 Å². The average Bonchev–Trinajstić information content (AvgIpc) is 2.19. The topological polar surface area (TPSA) is 29.5 Å². The number of hydrogen-bond donors (Lipinski definition) is 1. The van der Waals surface area contributed by atoms with Gasteiger partial charge in [-0.2, -0.15) is 0 Å². The summed E-state index contributed by atoms with van der Waals surface area (Å²) < 4.78 is 62.6.